The number of hydrogen-bond acceptors (Lipinski definition) is 5. The number of nitrogens with zero attached hydrogens (tertiary/aromatic N) is 4. The minimum atomic E-state index is 0.154. The van der Waals surface area contributed by atoms with Gasteiger partial charge in [0.2, 0.25) is 5.88 Å². The molecule has 0 spiro atoms. The molecule has 0 atom stereocenters. The molecule has 2 aromatic heterocycles. The van der Waals surface area contributed by atoms with Crippen molar-refractivity contribution < 1.29 is 4.74 Å². The van der Waals surface area contributed by atoms with Crippen LogP contribution in [0.5, 0.6) is 5.88 Å². The molecule has 1 aromatic carbocycles. The molecule has 5 rings (SSSR count). The Balaban J connectivity index is 1.27. The first kappa shape index (κ1) is 18.2. The van der Waals surface area contributed by atoms with Crippen LogP contribution in [0.4, 0.5) is 11.5 Å². The molecule has 5 heteroatoms. The molecule has 0 unspecified atom stereocenters. The summed E-state index contributed by atoms with van der Waals surface area (Å²) in [4.78, 5) is 14.1. The highest BCUT2D eigenvalue weighted by Crippen LogP contribution is 2.33. The SMILES string of the molecule is Cc1cnc(OC2CN(c3ccc4ccccc4n3)C2)c(N2CCC(C)CC2)c1. The quantitative estimate of drug-likeness (QED) is 0.661. The molecule has 2 fully saturated rings. The molecule has 5 nitrogen and oxygen atoms in total. The number of para-hydroxylation sites is 1. The maximum atomic E-state index is 6.33. The number of fused-ring (bicyclic) bond motifs is 1. The topological polar surface area (TPSA) is 41.5 Å². The zero-order chi connectivity index (χ0) is 19.8. The normalized spacial score (nSPS) is 18.1. The average molecular weight is 389 g/mol. The van der Waals surface area contributed by atoms with Crippen LogP contribution in [-0.4, -0.2) is 42.3 Å². The van der Waals surface area contributed by atoms with E-state index in [9.17, 15) is 0 Å². The number of pyridine rings is 2. The first-order chi connectivity index (χ1) is 14.2. The Kier molecular flexibility index (Phi) is 4.74. The van der Waals surface area contributed by atoms with E-state index in [0.717, 1.165) is 55.0 Å². The number of ether oxygens (including phenoxy) is 1. The van der Waals surface area contributed by atoms with Crippen LogP contribution in [0.3, 0.4) is 0 Å². The fourth-order valence-corrected chi connectivity index (χ4v) is 4.20. The predicted octanol–water partition coefficient (Wildman–Crippen LogP) is 4.44. The van der Waals surface area contributed by atoms with E-state index < -0.39 is 0 Å². The van der Waals surface area contributed by atoms with Crippen LogP contribution >= 0.6 is 0 Å². The fourth-order valence-electron chi connectivity index (χ4n) is 4.20. The van der Waals surface area contributed by atoms with Crippen molar-refractivity contribution in [3.8, 4) is 5.88 Å². The number of rotatable bonds is 4. The number of benzene rings is 1. The second-order valence-electron chi connectivity index (χ2n) is 8.51. The van der Waals surface area contributed by atoms with Gasteiger partial charge in [-0.2, -0.15) is 0 Å². The molecular formula is C24H28N4O. The molecule has 0 bridgehead atoms. The first-order valence-electron chi connectivity index (χ1n) is 10.6. The average Bonchev–Trinajstić information content (AvgIpc) is 2.71. The van der Waals surface area contributed by atoms with Crippen molar-refractivity contribution in [1.29, 1.82) is 0 Å². The van der Waals surface area contributed by atoms with E-state index in [1.807, 2.05) is 18.3 Å². The second kappa shape index (κ2) is 7.54. The van der Waals surface area contributed by atoms with Crippen molar-refractivity contribution in [3.05, 3.63) is 54.2 Å². The van der Waals surface area contributed by atoms with Gasteiger partial charge in [-0.25, -0.2) is 9.97 Å². The van der Waals surface area contributed by atoms with E-state index in [0.29, 0.717) is 0 Å². The monoisotopic (exact) mass is 388 g/mol. The van der Waals surface area contributed by atoms with Gasteiger partial charge in [0.25, 0.3) is 0 Å². The molecule has 0 aliphatic carbocycles. The summed E-state index contributed by atoms with van der Waals surface area (Å²) in [5.74, 6) is 2.61. The van der Waals surface area contributed by atoms with Gasteiger partial charge in [0.05, 0.1) is 18.6 Å². The van der Waals surface area contributed by atoms with Crippen LogP contribution in [0.15, 0.2) is 48.7 Å². The zero-order valence-corrected chi connectivity index (χ0v) is 17.2. The summed E-state index contributed by atoms with van der Waals surface area (Å²) in [6, 6.07) is 14.7. The van der Waals surface area contributed by atoms with Gasteiger partial charge in [0.15, 0.2) is 0 Å². The van der Waals surface area contributed by atoms with Gasteiger partial charge in [-0.15, -0.1) is 0 Å². The van der Waals surface area contributed by atoms with Gasteiger partial charge >= 0.3 is 0 Å². The summed E-state index contributed by atoms with van der Waals surface area (Å²) in [6.07, 6.45) is 4.53. The summed E-state index contributed by atoms with van der Waals surface area (Å²) in [5.41, 5.74) is 3.37. The van der Waals surface area contributed by atoms with Crippen LogP contribution in [-0.2, 0) is 0 Å². The second-order valence-corrected chi connectivity index (χ2v) is 8.51. The molecule has 2 aliphatic heterocycles. The lowest BCUT2D eigenvalue weighted by atomic mass is 9.99. The molecule has 0 N–H and O–H groups in total. The van der Waals surface area contributed by atoms with Crippen molar-refractivity contribution >= 4 is 22.4 Å². The van der Waals surface area contributed by atoms with Crippen molar-refractivity contribution in [1.82, 2.24) is 9.97 Å². The van der Waals surface area contributed by atoms with Gasteiger partial charge in [-0.1, -0.05) is 25.1 Å². The first-order valence-corrected chi connectivity index (χ1v) is 10.6. The minimum Gasteiger partial charge on any atom is -0.469 e. The zero-order valence-electron chi connectivity index (χ0n) is 17.2. The van der Waals surface area contributed by atoms with Gasteiger partial charge in [0.1, 0.15) is 17.6 Å². The molecule has 4 heterocycles. The third-order valence-electron chi connectivity index (χ3n) is 6.13. The van der Waals surface area contributed by atoms with Crippen LogP contribution in [0.2, 0.25) is 0 Å². The van der Waals surface area contributed by atoms with E-state index >= 15 is 0 Å². The van der Waals surface area contributed by atoms with Gasteiger partial charge < -0.3 is 14.5 Å². The Morgan fingerprint density at radius 1 is 1.00 bits per heavy atom. The molecule has 0 saturated carbocycles. The number of aryl methyl sites for hydroxylation is 1. The number of anilines is 2. The van der Waals surface area contributed by atoms with E-state index in [1.165, 1.54) is 23.8 Å². The van der Waals surface area contributed by atoms with E-state index in [1.54, 1.807) is 0 Å². The standard InChI is InChI=1S/C24H28N4O/c1-17-9-11-27(12-10-17)22-13-18(2)14-25-24(22)29-20-15-28(16-20)23-8-7-19-5-3-4-6-21(19)26-23/h3-8,13-14,17,20H,9-12,15-16H2,1-2H3. The lowest BCUT2D eigenvalue weighted by molar-refractivity contribution is 0.160. The van der Waals surface area contributed by atoms with E-state index in [4.69, 9.17) is 9.72 Å². The molecule has 3 aromatic rings. The van der Waals surface area contributed by atoms with E-state index in [2.05, 4.69) is 59.0 Å². The highest BCUT2D eigenvalue weighted by atomic mass is 16.5. The maximum absolute atomic E-state index is 6.33. The van der Waals surface area contributed by atoms with Crippen molar-refractivity contribution in [2.75, 3.05) is 36.0 Å². The smallest absolute Gasteiger partial charge is 0.237 e. The Labute approximate surface area is 172 Å². The Hall–Kier alpha value is -2.82. The van der Waals surface area contributed by atoms with Gasteiger partial charge in [-0.3, -0.25) is 0 Å². The van der Waals surface area contributed by atoms with Gasteiger partial charge in [0, 0.05) is 24.7 Å². The van der Waals surface area contributed by atoms with Crippen molar-refractivity contribution in [2.24, 2.45) is 5.92 Å². The van der Waals surface area contributed by atoms with Gasteiger partial charge in [-0.05, 0) is 55.5 Å². The van der Waals surface area contributed by atoms with Crippen molar-refractivity contribution in [3.63, 3.8) is 0 Å². The van der Waals surface area contributed by atoms with Crippen LogP contribution in [0, 0.1) is 12.8 Å². The summed E-state index contributed by atoms with van der Waals surface area (Å²) in [6.45, 7) is 8.30. The molecular weight excluding hydrogens is 360 g/mol. The number of piperidine rings is 1. The molecule has 2 aliphatic rings. The fraction of sp³-hybridized carbons (Fsp3) is 0.417. The maximum Gasteiger partial charge on any atom is 0.237 e. The molecule has 0 radical (unpaired) electrons. The third-order valence-corrected chi connectivity index (χ3v) is 6.13. The highest BCUT2D eigenvalue weighted by Gasteiger charge is 2.31. The third kappa shape index (κ3) is 3.74. The lowest BCUT2D eigenvalue weighted by Gasteiger charge is -2.40. The number of hydrogen-bond donors (Lipinski definition) is 0. The van der Waals surface area contributed by atoms with Crippen molar-refractivity contribution in [2.45, 2.75) is 32.8 Å². The summed E-state index contributed by atoms with van der Waals surface area (Å²) in [7, 11) is 0. The molecule has 29 heavy (non-hydrogen) atoms. The predicted molar refractivity (Wildman–Crippen MR) is 118 cm³/mol. The largest absolute Gasteiger partial charge is 0.469 e. The molecule has 2 saturated heterocycles. The summed E-state index contributed by atoms with van der Waals surface area (Å²) < 4.78 is 6.33. The summed E-state index contributed by atoms with van der Waals surface area (Å²) in [5, 5.41) is 1.17. The summed E-state index contributed by atoms with van der Waals surface area (Å²) >= 11 is 0. The van der Waals surface area contributed by atoms with E-state index in [-0.39, 0.29) is 6.10 Å². The Bertz CT molecular complexity index is 1010. The highest BCUT2D eigenvalue weighted by molar-refractivity contribution is 5.80. The number of aromatic nitrogens is 2. The Morgan fingerprint density at radius 3 is 2.62 bits per heavy atom. The minimum absolute atomic E-state index is 0.154. The molecule has 150 valence electrons. The van der Waals surface area contributed by atoms with Crippen LogP contribution in [0.1, 0.15) is 25.3 Å². The Morgan fingerprint density at radius 2 is 1.79 bits per heavy atom. The lowest BCUT2D eigenvalue weighted by Crippen LogP contribution is -2.54. The molecule has 0 amide bonds. The van der Waals surface area contributed by atoms with Crippen LogP contribution in [0.25, 0.3) is 10.9 Å². The van der Waals surface area contributed by atoms with Crippen LogP contribution < -0.4 is 14.5 Å².